The number of carbonyl (C=O) groups is 3. The zero-order valence-electron chi connectivity index (χ0n) is 11.4. The normalized spacial score (nSPS) is 20.1. The predicted octanol–water partition coefficient (Wildman–Crippen LogP) is -0.441. The minimum Gasteiger partial charge on any atom is -0.479 e. The molecule has 8 heteroatoms. The minimum atomic E-state index is -1.51. The van der Waals surface area contributed by atoms with E-state index < -0.39 is 30.1 Å². The van der Waals surface area contributed by atoms with E-state index in [-0.39, 0.29) is 13.0 Å². The van der Waals surface area contributed by atoms with E-state index in [1.807, 2.05) is 0 Å². The summed E-state index contributed by atoms with van der Waals surface area (Å²) >= 11 is 0. The third-order valence-corrected chi connectivity index (χ3v) is 3.22. The smallest absolute Gasteiger partial charge is 0.332 e. The van der Waals surface area contributed by atoms with Gasteiger partial charge in [-0.25, -0.2) is 14.4 Å². The number of piperidine rings is 1. The Bertz CT molecular complexity index is 373. The van der Waals surface area contributed by atoms with Crippen molar-refractivity contribution in [1.82, 2.24) is 10.2 Å². The van der Waals surface area contributed by atoms with E-state index in [2.05, 4.69) is 10.1 Å². The first-order valence-electron chi connectivity index (χ1n) is 6.50. The summed E-state index contributed by atoms with van der Waals surface area (Å²) in [7, 11) is 1.27. The SMILES string of the molecule is COC(=O)C1CCCCN1C(=O)NCC[C@H](O)C(=O)O. The maximum Gasteiger partial charge on any atom is 0.332 e. The van der Waals surface area contributed by atoms with Crippen molar-refractivity contribution < 1.29 is 29.3 Å². The Morgan fingerprint density at radius 2 is 2.10 bits per heavy atom. The molecule has 1 aliphatic heterocycles. The molecule has 2 amide bonds. The van der Waals surface area contributed by atoms with Gasteiger partial charge >= 0.3 is 18.0 Å². The fraction of sp³-hybridized carbons (Fsp3) is 0.750. The first kappa shape index (κ1) is 16.2. The van der Waals surface area contributed by atoms with Crippen LogP contribution < -0.4 is 5.32 Å². The lowest BCUT2D eigenvalue weighted by Crippen LogP contribution is -2.52. The molecule has 1 unspecified atom stereocenters. The third-order valence-electron chi connectivity index (χ3n) is 3.22. The second-order valence-electron chi connectivity index (χ2n) is 4.60. The van der Waals surface area contributed by atoms with E-state index in [1.54, 1.807) is 0 Å². The van der Waals surface area contributed by atoms with Crippen LogP contribution in [0.1, 0.15) is 25.7 Å². The minimum absolute atomic E-state index is 0.0245. The van der Waals surface area contributed by atoms with Gasteiger partial charge in [-0.3, -0.25) is 0 Å². The van der Waals surface area contributed by atoms with Crippen molar-refractivity contribution in [2.45, 2.75) is 37.8 Å². The van der Waals surface area contributed by atoms with Crippen LogP contribution in [-0.4, -0.2) is 65.4 Å². The highest BCUT2D eigenvalue weighted by Crippen LogP contribution is 2.18. The van der Waals surface area contributed by atoms with Gasteiger partial charge < -0.3 is 25.2 Å². The van der Waals surface area contributed by atoms with Crippen molar-refractivity contribution in [1.29, 1.82) is 0 Å². The number of urea groups is 1. The summed E-state index contributed by atoms with van der Waals surface area (Å²) in [5.74, 6) is -1.78. The predicted molar refractivity (Wildman–Crippen MR) is 68.0 cm³/mol. The number of likely N-dealkylation sites (tertiary alicyclic amines) is 1. The standard InChI is InChI=1S/C12H20N2O6/c1-20-11(18)8-4-2-3-7-14(8)12(19)13-6-5-9(15)10(16)17/h8-9,15H,2-7H2,1H3,(H,13,19)(H,16,17)/t8?,9-/m0/s1. The summed E-state index contributed by atoms with van der Waals surface area (Å²) in [4.78, 5) is 35.4. The van der Waals surface area contributed by atoms with Gasteiger partial charge in [0, 0.05) is 19.5 Å². The van der Waals surface area contributed by atoms with Gasteiger partial charge in [-0.2, -0.15) is 0 Å². The Balaban J connectivity index is 2.47. The highest BCUT2D eigenvalue weighted by Gasteiger charge is 2.32. The second kappa shape index (κ2) is 7.68. The van der Waals surface area contributed by atoms with Gasteiger partial charge in [0.25, 0.3) is 0 Å². The number of aliphatic carboxylic acids is 1. The average Bonchev–Trinajstić information content (AvgIpc) is 2.45. The number of ether oxygens (including phenoxy) is 1. The zero-order chi connectivity index (χ0) is 15.1. The molecule has 0 aliphatic carbocycles. The van der Waals surface area contributed by atoms with Crippen molar-refractivity contribution in [2.75, 3.05) is 20.2 Å². The molecule has 0 saturated carbocycles. The van der Waals surface area contributed by atoms with Crippen LogP contribution in [0.2, 0.25) is 0 Å². The molecule has 1 heterocycles. The molecular weight excluding hydrogens is 268 g/mol. The summed E-state index contributed by atoms with van der Waals surface area (Å²) in [5, 5.41) is 20.1. The number of amides is 2. The molecule has 114 valence electrons. The number of methoxy groups -OCH3 is 1. The Hall–Kier alpha value is -1.83. The van der Waals surface area contributed by atoms with Crippen LogP contribution in [0.3, 0.4) is 0 Å². The van der Waals surface area contributed by atoms with Gasteiger partial charge in [-0.15, -0.1) is 0 Å². The van der Waals surface area contributed by atoms with Crippen LogP contribution in [0.5, 0.6) is 0 Å². The first-order chi connectivity index (χ1) is 9.47. The Labute approximate surface area is 116 Å². The Kier molecular flexibility index (Phi) is 6.23. The van der Waals surface area contributed by atoms with Gasteiger partial charge in [0.05, 0.1) is 7.11 Å². The van der Waals surface area contributed by atoms with Crippen molar-refractivity contribution in [3.63, 3.8) is 0 Å². The summed E-state index contributed by atoms with van der Waals surface area (Å²) in [5.41, 5.74) is 0. The van der Waals surface area contributed by atoms with Crippen LogP contribution in [0.15, 0.2) is 0 Å². The Morgan fingerprint density at radius 1 is 1.40 bits per heavy atom. The molecule has 1 rings (SSSR count). The fourth-order valence-corrected chi connectivity index (χ4v) is 2.10. The number of carbonyl (C=O) groups excluding carboxylic acids is 2. The summed E-state index contributed by atoms with van der Waals surface area (Å²) in [6, 6.07) is -1.05. The van der Waals surface area contributed by atoms with E-state index in [4.69, 9.17) is 10.2 Å². The average molecular weight is 288 g/mol. The van der Waals surface area contributed by atoms with Crippen molar-refractivity contribution in [2.24, 2.45) is 0 Å². The van der Waals surface area contributed by atoms with E-state index in [1.165, 1.54) is 12.0 Å². The monoisotopic (exact) mass is 288 g/mol. The maximum absolute atomic E-state index is 12.0. The topological polar surface area (TPSA) is 116 Å². The van der Waals surface area contributed by atoms with Crippen LogP contribution in [0, 0.1) is 0 Å². The molecule has 0 radical (unpaired) electrons. The van der Waals surface area contributed by atoms with Gasteiger partial charge in [0.15, 0.2) is 6.10 Å². The van der Waals surface area contributed by atoms with Crippen LogP contribution >= 0.6 is 0 Å². The van der Waals surface area contributed by atoms with Gasteiger partial charge in [0.1, 0.15) is 6.04 Å². The van der Waals surface area contributed by atoms with E-state index in [0.717, 1.165) is 12.8 Å². The number of carboxylic acids is 1. The van der Waals surface area contributed by atoms with Gasteiger partial charge in [-0.05, 0) is 19.3 Å². The molecule has 1 saturated heterocycles. The molecule has 0 aromatic rings. The second-order valence-corrected chi connectivity index (χ2v) is 4.60. The maximum atomic E-state index is 12.0. The zero-order valence-corrected chi connectivity index (χ0v) is 11.4. The molecule has 3 N–H and O–H groups in total. The number of hydrogen-bond acceptors (Lipinski definition) is 5. The van der Waals surface area contributed by atoms with Gasteiger partial charge in [0.2, 0.25) is 0 Å². The molecule has 0 spiro atoms. The number of rotatable bonds is 5. The lowest BCUT2D eigenvalue weighted by molar-refractivity contribution is -0.147. The highest BCUT2D eigenvalue weighted by atomic mass is 16.5. The van der Waals surface area contributed by atoms with Crippen molar-refractivity contribution in [3.05, 3.63) is 0 Å². The molecule has 20 heavy (non-hydrogen) atoms. The third kappa shape index (κ3) is 4.37. The lowest BCUT2D eigenvalue weighted by Gasteiger charge is -2.33. The van der Waals surface area contributed by atoms with Crippen molar-refractivity contribution in [3.8, 4) is 0 Å². The van der Waals surface area contributed by atoms with E-state index >= 15 is 0 Å². The van der Waals surface area contributed by atoms with Crippen molar-refractivity contribution >= 4 is 18.0 Å². The number of nitrogens with one attached hydrogen (secondary N) is 1. The number of nitrogens with zero attached hydrogens (tertiary/aromatic N) is 1. The number of aliphatic hydroxyl groups is 1. The Morgan fingerprint density at radius 3 is 2.70 bits per heavy atom. The highest BCUT2D eigenvalue weighted by molar-refractivity contribution is 5.83. The molecule has 8 nitrogen and oxygen atoms in total. The van der Waals surface area contributed by atoms with E-state index in [9.17, 15) is 14.4 Å². The fourth-order valence-electron chi connectivity index (χ4n) is 2.10. The van der Waals surface area contributed by atoms with Crippen LogP contribution in [-0.2, 0) is 14.3 Å². The van der Waals surface area contributed by atoms with Gasteiger partial charge in [-0.1, -0.05) is 0 Å². The summed E-state index contributed by atoms with van der Waals surface area (Å²) in [6.45, 7) is 0.476. The number of hydrogen-bond donors (Lipinski definition) is 3. The first-order valence-corrected chi connectivity index (χ1v) is 6.50. The van der Waals surface area contributed by atoms with E-state index in [0.29, 0.717) is 13.0 Å². The molecule has 0 aromatic heterocycles. The quantitative estimate of drug-likeness (QED) is 0.590. The molecule has 1 aliphatic rings. The molecule has 1 fully saturated rings. The molecular formula is C12H20N2O6. The molecule has 0 bridgehead atoms. The van der Waals surface area contributed by atoms with Crippen LogP contribution in [0.25, 0.3) is 0 Å². The van der Waals surface area contributed by atoms with Crippen LogP contribution in [0.4, 0.5) is 4.79 Å². The number of esters is 1. The number of aliphatic hydroxyl groups excluding tert-OH is 1. The number of carboxylic acid groups (broad SMARTS) is 1. The molecule has 0 aromatic carbocycles. The lowest BCUT2D eigenvalue weighted by atomic mass is 10.0. The summed E-state index contributed by atoms with van der Waals surface area (Å²) < 4.78 is 4.67. The summed E-state index contributed by atoms with van der Waals surface area (Å²) in [6.07, 6.45) is 0.614. The largest absolute Gasteiger partial charge is 0.479 e. The molecule has 2 atom stereocenters.